The van der Waals surface area contributed by atoms with E-state index in [1.807, 2.05) is 67.3 Å². The number of hydrogen-bond acceptors (Lipinski definition) is 2. The lowest BCUT2D eigenvalue weighted by Gasteiger charge is -2.20. The van der Waals surface area contributed by atoms with Gasteiger partial charge in [0.1, 0.15) is 0 Å². The molecule has 98 valence electrons. The molecule has 0 atom stereocenters. The van der Waals surface area contributed by atoms with Gasteiger partial charge in [0, 0.05) is 7.05 Å². The van der Waals surface area contributed by atoms with Gasteiger partial charge in [0.05, 0.1) is 7.11 Å². The van der Waals surface area contributed by atoms with Crippen LogP contribution >= 0.6 is 7.05 Å². The van der Waals surface area contributed by atoms with Crippen LogP contribution < -0.4 is 10.6 Å². The van der Waals surface area contributed by atoms with Gasteiger partial charge in [0.15, 0.2) is 0 Å². The van der Waals surface area contributed by atoms with E-state index in [0.717, 1.165) is 10.6 Å². The molecule has 1 amide bonds. The van der Waals surface area contributed by atoms with E-state index in [2.05, 4.69) is 4.74 Å². The molecule has 0 bridgehead atoms. The lowest BCUT2D eigenvalue weighted by atomic mass is 10.4. The van der Waals surface area contributed by atoms with Crippen LogP contribution in [0.25, 0.3) is 0 Å². The van der Waals surface area contributed by atoms with Crippen LogP contribution in [0, 0.1) is 0 Å². The van der Waals surface area contributed by atoms with Crippen molar-refractivity contribution >= 4 is 23.8 Å². The topological polar surface area (TPSA) is 38.7 Å². The van der Waals surface area contributed by atoms with Gasteiger partial charge in [-0.05, 0) is 17.3 Å². The number of methoxy groups -OCH3 is 1. The maximum Gasteiger partial charge on any atom is 0.432 e. The summed E-state index contributed by atoms with van der Waals surface area (Å²) < 4.78 is 9.03. The van der Waals surface area contributed by atoms with Crippen LogP contribution in [0.3, 0.4) is 0 Å². The Labute approximate surface area is 113 Å². The van der Waals surface area contributed by atoms with Crippen molar-refractivity contribution in [2.75, 3.05) is 13.8 Å². The number of rotatable bonds is 2. The molecule has 2 rings (SSSR count). The molecule has 0 spiro atoms. The summed E-state index contributed by atoms with van der Waals surface area (Å²) in [6.07, 6.45) is -0.525. The first-order chi connectivity index (χ1) is 9.16. The summed E-state index contributed by atoms with van der Waals surface area (Å²) in [7, 11) is -0.743. The lowest BCUT2D eigenvalue weighted by molar-refractivity contribution is 0.183. The standard InChI is InChI=1S/C15H16NO2P/c1-18-15(17)16-19(2,13-9-5-3-6-10-13)14-11-7-4-8-12-14/h3-12H,1-2H3. The predicted molar refractivity (Wildman–Crippen MR) is 79.8 cm³/mol. The van der Waals surface area contributed by atoms with Crippen molar-refractivity contribution in [1.82, 2.24) is 0 Å². The Balaban J connectivity index is 2.65. The average molecular weight is 273 g/mol. The van der Waals surface area contributed by atoms with Crippen LogP contribution in [0.15, 0.2) is 65.4 Å². The fourth-order valence-electron chi connectivity index (χ4n) is 1.91. The Morgan fingerprint density at radius 2 is 1.37 bits per heavy atom. The van der Waals surface area contributed by atoms with Crippen molar-refractivity contribution in [3.8, 4) is 0 Å². The van der Waals surface area contributed by atoms with E-state index in [-0.39, 0.29) is 0 Å². The first-order valence-electron chi connectivity index (χ1n) is 5.96. The monoisotopic (exact) mass is 273 g/mol. The zero-order valence-corrected chi connectivity index (χ0v) is 11.9. The van der Waals surface area contributed by atoms with E-state index in [0.29, 0.717) is 0 Å². The van der Waals surface area contributed by atoms with E-state index in [1.165, 1.54) is 7.11 Å². The molecule has 0 saturated carbocycles. The zero-order chi connectivity index (χ0) is 13.7. The van der Waals surface area contributed by atoms with Crippen LogP contribution in [0.2, 0.25) is 0 Å². The van der Waals surface area contributed by atoms with Gasteiger partial charge >= 0.3 is 6.09 Å². The van der Waals surface area contributed by atoms with Gasteiger partial charge in [-0.25, -0.2) is 4.79 Å². The average Bonchev–Trinajstić information content (AvgIpc) is 2.48. The summed E-state index contributed by atoms with van der Waals surface area (Å²) in [5.41, 5.74) is 0. The molecule has 0 radical (unpaired) electrons. The third-order valence-electron chi connectivity index (χ3n) is 2.97. The third kappa shape index (κ3) is 2.94. The smallest absolute Gasteiger partial charge is 0.432 e. The first-order valence-corrected chi connectivity index (χ1v) is 8.14. The van der Waals surface area contributed by atoms with Gasteiger partial charge < -0.3 is 4.74 Å². The molecule has 19 heavy (non-hydrogen) atoms. The SMILES string of the molecule is COC(=O)N=P(C)(c1ccccc1)c1ccccc1. The molecule has 0 saturated heterocycles. The molecular formula is C15H16NO2P. The molecule has 4 heteroatoms. The van der Waals surface area contributed by atoms with Crippen LogP contribution in [0.1, 0.15) is 0 Å². The molecule has 0 N–H and O–H groups in total. The number of amides is 1. The second kappa shape index (κ2) is 5.85. The number of hydrogen-bond donors (Lipinski definition) is 0. The Kier molecular flexibility index (Phi) is 4.18. The second-order valence-electron chi connectivity index (χ2n) is 4.20. The predicted octanol–water partition coefficient (Wildman–Crippen LogP) is 3.23. The maximum atomic E-state index is 11.6. The number of carbonyl (C=O) groups excluding carboxylic acids is 1. The zero-order valence-electron chi connectivity index (χ0n) is 11.0. The number of ether oxygens (including phenoxy) is 1. The van der Waals surface area contributed by atoms with Crippen molar-refractivity contribution in [1.29, 1.82) is 0 Å². The van der Waals surface area contributed by atoms with E-state index < -0.39 is 13.1 Å². The van der Waals surface area contributed by atoms with E-state index in [4.69, 9.17) is 4.74 Å². The highest BCUT2D eigenvalue weighted by Gasteiger charge is 2.20. The summed E-state index contributed by atoms with van der Waals surface area (Å²) in [5.74, 6) is 0. The molecular weight excluding hydrogens is 257 g/mol. The fourth-order valence-corrected chi connectivity index (χ4v) is 4.35. The van der Waals surface area contributed by atoms with E-state index in [9.17, 15) is 4.79 Å². The number of nitrogens with zero attached hydrogens (tertiary/aromatic N) is 1. The van der Waals surface area contributed by atoms with E-state index in [1.54, 1.807) is 0 Å². The fraction of sp³-hybridized carbons (Fsp3) is 0.133. The summed E-state index contributed by atoms with van der Waals surface area (Å²) in [6.45, 7) is 2.02. The Morgan fingerprint density at radius 3 is 1.74 bits per heavy atom. The van der Waals surface area contributed by atoms with Crippen LogP contribution in [0.4, 0.5) is 4.79 Å². The van der Waals surface area contributed by atoms with Crippen molar-refractivity contribution < 1.29 is 9.53 Å². The molecule has 2 aromatic carbocycles. The molecule has 0 aliphatic heterocycles. The molecule has 2 aromatic rings. The molecule has 0 aliphatic rings. The van der Waals surface area contributed by atoms with Gasteiger partial charge in [-0.3, -0.25) is 0 Å². The summed E-state index contributed by atoms with van der Waals surface area (Å²) >= 11 is 0. The first kappa shape index (κ1) is 13.6. The lowest BCUT2D eigenvalue weighted by Crippen LogP contribution is -2.16. The minimum atomic E-state index is -2.10. The van der Waals surface area contributed by atoms with Crippen LogP contribution in [-0.2, 0) is 4.74 Å². The third-order valence-corrected chi connectivity index (χ3v) is 6.14. The van der Waals surface area contributed by atoms with Gasteiger partial charge in [-0.2, -0.15) is 4.74 Å². The summed E-state index contributed by atoms with van der Waals surface area (Å²) in [6, 6.07) is 19.8. The number of benzene rings is 2. The Hall–Kier alpha value is -1.86. The van der Waals surface area contributed by atoms with Crippen LogP contribution in [-0.4, -0.2) is 19.9 Å². The number of carbonyl (C=O) groups is 1. The highest BCUT2D eigenvalue weighted by atomic mass is 31.2. The molecule has 0 aromatic heterocycles. The summed E-state index contributed by atoms with van der Waals surface area (Å²) in [5, 5.41) is 2.12. The largest absolute Gasteiger partial charge is 0.451 e. The van der Waals surface area contributed by atoms with Gasteiger partial charge in [0.25, 0.3) is 0 Å². The van der Waals surface area contributed by atoms with Crippen molar-refractivity contribution in [3.63, 3.8) is 0 Å². The quantitative estimate of drug-likeness (QED) is 0.788. The minimum Gasteiger partial charge on any atom is -0.451 e. The molecule has 0 heterocycles. The highest BCUT2D eigenvalue weighted by Crippen LogP contribution is 2.43. The highest BCUT2D eigenvalue weighted by molar-refractivity contribution is 7.80. The molecule has 3 nitrogen and oxygen atoms in total. The van der Waals surface area contributed by atoms with Gasteiger partial charge in [-0.15, -0.1) is 0 Å². The normalized spacial score (nSPS) is 10.8. The van der Waals surface area contributed by atoms with Crippen LogP contribution in [0.5, 0.6) is 0 Å². The molecule has 0 fully saturated rings. The second-order valence-corrected chi connectivity index (χ2v) is 7.35. The van der Waals surface area contributed by atoms with Gasteiger partial charge in [0.2, 0.25) is 0 Å². The van der Waals surface area contributed by atoms with Crippen molar-refractivity contribution in [2.45, 2.75) is 0 Å². The Morgan fingerprint density at radius 1 is 0.947 bits per heavy atom. The van der Waals surface area contributed by atoms with Crippen molar-refractivity contribution in [2.24, 2.45) is 4.74 Å². The van der Waals surface area contributed by atoms with E-state index >= 15 is 0 Å². The van der Waals surface area contributed by atoms with Crippen molar-refractivity contribution in [3.05, 3.63) is 60.7 Å². The summed E-state index contributed by atoms with van der Waals surface area (Å²) in [4.78, 5) is 11.6. The van der Waals surface area contributed by atoms with Gasteiger partial charge in [-0.1, -0.05) is 60.7 Å². The Bertz CT molecular complexity index is 565. The maximum absolute atomic E-state index is 11.6. The molecule has 0 unspecified atom stereocenters. The minimum absolute atomic E-state index is 0.525. The molecule has 0 aliphatic carbocycles.